The highest BCUT2D eigenvalue weighted by Gasteiger charge is 2.57. The third-order valence-electron chi connectivity index (χ3n) is 5.67. The Morgan fingerprint density at radius 3 is 2.47 bits per heavy atom. The quantitative estimate of drug-likeness (QED) is 0.584. The monoisotopic (exact) mass is 410 g/mol. The van der Waals surface area contributed by atoms with Gasteiger partial charge in [-0.25, -0.2) is 0 Å². The minimum Gasteiger partial charge on any atom is -0.497 e. The Morgan fingerprint density at radius 1 is 1.07 bits per heavy atom. The number of fused-ring (bicyclic) bond motifs is 1. The van der Waals surface area contributed by atoms with Gasteiger partial charge < -0.3 is 23.7 Å². The van der Waals surface area contributed by atoms with Crippen LogP contribution in [-0.2, 0) is 25.6 Å². The summed E-state index contributed by atoms with van der Waals surface area (Å²) in [6.45, 7) is 8.26. The van der Waals surface area contributed by atoms with Gasteiger partial charge in [0.1, 0.15) is 18.0 Å². The molecule has 30 heavy (non-hydrogen) atoms. The molecule has 5 heteroatoms. The highest BCUT2D eigenvalue weighted by atomic mass is 16.8. The van der Waals surface area contributed by atoms with E-state index in [1.807, 2.05) is 50.3 Å². The second-order valence-corrected chi connectivity index (χ2v) is 8.23. The maximum Gasteiger partial charge on any atom is 0.190 e. The van der Waals surface area contributed by atoms with Gasteiger partial charge in [0.15, 0.2) is 12.1 Å². The molecule has 2 aromatic carbocycles. The molecular formula is C25H30O5. The van der Waals surface area contributed by atoms with Crippen LogP contribution in [0.4, 0.5) is 0 Å². The maximum absolute atomic E-state index is 6.41. The second kappa shape index (κ2) is 8.90. The van der Waals surface area contributed by atoms with Crippen molar-refractivity contribution in [3.05, 3.63) is 78.4 Å². The van der Waals surface area contributed by atoms with Gasteiger partial charge in [-0.3, -0.25) is 0 Å². The van der Waals surface area contributed by atoms with Crippen LogP contribution < -0.4 is 4.74 Å². The Hall–Kier alpha value is -2.18. The summed E-state index contributed by atoms with van der Waals surface area (Å²) in [7, 11) is 1.67. The van der Waals surface area contributed by atoms with E-state index < -0.39 is 12.1 Å². The Balaban J connectivity index is 1.59. The average Bonchev–Trinajstić information content (AvgIpc) is 3.23. The molecule has 5 atom stereocenters. The topological polar surface area (TPSA) is 46.2 Å². The minimum absolute atomic E-state index is 0.0649. The summed E-state index contributed by atoms with van der Waals surface area (Å²) in [5.41, 5.74) is 2.26. The first-order valence-electron chi connectivity index (χ1n) is 10.4. The largest absolute Gasteiger partial charge is 0.497 e. The highest BCUT2D eigenvalue weighted by molar-refractivity contribution is 5.31. The molecule has 0 saturated carbocycles. The van der Waals surface area contributed by atoms with Crippen LogP contribution in [0, 0.1) is 0 Å². The Morgan fingerprint density at radius 2 is 1.80 bits per heavy atom. The van der Waals surface area contributed by atoms with E-state index in [0.29, 0.717) is 6.61 Å². The standard InChI is InChI=1S/C25H30O5/c1-5-9-20(18-12-14-19(26-4)15-13-18)21-22(27-16-17-10-7-6-8-11-17)23-24(28-21)30-25(2,3)29-23/h5-8,10-15,20-24H,1,9,16H2,2-4H3/t20-,21-,22+,23-,24-/m1/s1. The molecule has 0 amide bonds. The van der Waals surface area contributed by atoms with Crippen LogP contribution in [0.2, 0.25) is 0 Å². The van der Waals surface area contributed by atoms with E-state index in [9.17, 15) is 0 Å². The fourth-order valence-corrected chi connectivity index (χ4v) is 4.27. The van der Waals surface area contributed by atoms with Crippen LogP contribution in [-0.4, -0.2) is 37.5 Å². The molecule has 0 unspecified atom stereocenters. The zero-order chi connectivity index (χ0) is 21.1. The molecule has 2 saturated heterocycles. The van der Waals surface area contributed by atoms with Crippen molar-refractivity contribution < 1.29 is 23.7 Å². The van der Waals surface area contributed by atoms with Crippen molar-refractivity contribution >= 4 is 0 Å². The minimum atomic E-state index is -0.692. The number of methoxy groups -OCH3 is 1. The molecule has 5 nitrogen and oxygen atoms in total. The maximum atomic E-state index is 6.41. The Kier molecular flexibility index (Phi) is 6.25. The van der Waals surface area contributed by atoms with Gasteiger partial charge in [-0.1, -0.05) is 48.5 Å². The van der Waals surface area contributed by atoms with Crippen molar-refractivity contribution in [3.63, 3.8) is 0 Å². The van der Waals surface area contributed by atoms with Crippen LogP contribution >= 0.6 is 0 Å². The molecule has 0 aliphatic carbocycles. The van der Waals surface area contributed by atoms with E-state index in [1.54, 1.807) is 7.11 Å². The van der Waals surface area contributed by atoms with Gasteiger partial charge >= 0.3 is 0 Å². The number of hydrogen-bond donors (Lipinski definition) is 0. The lowest BCUT2D eigenvalue weighted by Crippen LogP contribution is -2.39. The van der Waals surface area contributed by atoms with Gasteiger partial charge in [0.25, 0.3) is 0 Å². The van der Waals surface area contributed by atoms with Crippen LogP contribution in [0.15, 0.2) is 67.3 Å². The molecule has 4 rings (SSSR count). The molecule has 0 bridgehead atoms. The number of allylic oxidation sites excluding steroid dienone is 1. The summed E-state index contributed by atoms with van der Waals surface area (Å²) in [5, 5.41) is 0. The van der Waals surface area contributed by atoms with E-state index in [1.165, 1.54) is 0 Å². The zero-order valence-corrected chi connectivity index (χ0v) is 17.8. The smallest absolute Gasteiger partial charge is 0.190 e. The van der Waals surface area contributed by atoms with Gasteiger partial charge in [0.05, 0.1) is 19.8 Å². The zero-order valence-electron chi connectivity index (χ0n) is 17.8. The van der Waals surface area contributed by atoms with E-state index in [4.69, 9.17) is 23.7 Å². The van der Waals surface area contributed by atoms with Crippen LogP contribution in [0.3, 0.4) is 0 Å². The van der Waals surface area contributed by atoms with Crippen LogP contribution in [0.25, 0.3) is 0 Å². The summed E-state index contributed by atoms with van der Waals surface area (Å²) in [4.78, 5) is 0. The summed E-state index contributed by atoms with van der Waals surface area (Å²) >= 11 is 0. The van der Waals surface area contributed by atoms with E-state index in [0.717, 1.165) is 23.3 Å². The lowest BCUT2D eigenvalue weighted by atomic mass is 9.87. The molecule has 2 aromatic rings. The van der Waals surface area contributed by atoms with Gasteiger partial charge in [0.2, 0.25) is 0 Å². The molecule has 2 aliphatic heterocycles. The Bertz CT molecular complexity index is 832. The fraction of sp³-hybridized carbons (Fsp3) is 0.440. The Labute approximate surface area is 178 Å². The molecule has 0 radical (unpaired) electrons. The molecule has 2 heterocycles. The lowest BCUT2D eigenvalue weighted by molar-refractivity contribution is -0.221. The number of hydrogen-bond acceptors (Lipinski definition) is 5. The summed E-state index contributed by atoms with van der Waals surface area (Å²) in [6, 6.07) is 18.2. The molecule has 0 N–H and O–H groups in total. The van der Waals surface area contributed by atoms with Crippen molar-refractivity contribution in [2.24, 2.45) is 0 Å². The van der Waals surface area contributed by atoms with Gasteiger partial charge in [-0.05, 0) is 43.5 Å². The van der Waals surface area contributed by atoms with Gasteiger partial charge in [0, 0.05) is 5.92 Å². The second-order valence-electron chi connectivity index (χ2n) is 8.23. The van der Waals surface area contributed by atoms with E-state index in [2.05, 4.69) is 30.8 Å². The predicted octanol–water partition coefficient (Wildman–Crippen LogP) is 4.82. The van der Waals surface area contributed by atoms with Crippen molar-refractivity contribution in [3.8, 4) is 5.75 Å². The summed E-state index contributed by atoms with van der Waals surface area (Å²) in [6.07, 6.45) is 1.47. The summed E-state index contributed by atoms with van der Waals surface area (Å²) in [5.74, 6) is 0.198. The molecule has 2 aliphatic rings. The molecular weight excluding hydrogens is 380 g/mol. The molecule has 0 spiro atoms. The SMILES string of the molecule is C=CC[C@H](c1ccc(OC)cc1)[C@H]1O[C@@H]2OC(C)(C)O[C@@H]2[C@H]1OCc1ccccc1. The first kappa shape index (κ1) is 21.1. The lowest BCUT2D eigenvalue weighted by Gasteiger charge is -2.31. The third-order valence-corrected chi connectivity index (χ3v) is 5.67. The first-order valence-corrected chi connectivity index (χ1v) is 10.4. The van der Waals surface area contributed by atoms with Gasteiger partial charge in [-0.2, -0.15) is 0 Å². The molecule has 2 fully saturated rings. The van der Waals surface area contributed by atoms with E-state index in [-0.39, 0.29) is 24.2 Å². The fourth-order valence-electron chi connectivity index (χ4n) is 4.27. The van der Waals surface area contributed by atoms with Crippen molar-refractivity contribution in [1.82, 2.24) is 0 Å². The number of rotatable bonds is 8. The van der Waals surface area contributed by atoms with Gasteiger partial charge in [-0.15, -0.1) is 6.58 Å². The molecule has 160 valence electrons. The normalized spacial score (nSPS) is 28.1. The summed E-state index contributed by atoms with van der Waals surface area (Å²) < 4.78 is 30.3. The molecule has 0 aromatic heterocycles. The van der Waals surface area contributed by atoms with Crippen LogP contribution in [0.1, 0.15) is 37.3 Å². The average molecular weight is 411 g/mol. The van der Waals surface area contributed by atoms with Crippen molar-refractivity contribution in [2.45, 2.75) is 63.2 Å². The third kappa shape index (κ3) is 4.44. The first-order chi connectivity index (χ1) is 14.5. The highest BCUT2D eigenvalue weighted by Crippen LogP contribution is 2.44. The predicted molar refractivity (Wildman–Crippen MR) is 114 cm³/mol. The van der Waals surface area contributed by atoms with Crippen molar-refractivity contribution in [1.29, 1.82) is 0 Å². The van der Waals surface area contributed by atoms with Crippen LogP contribution in [0.5, 0.6) is 5.75 Å². The van der Waals surface area contributed by atoms with Crippen molar-refractivity contribution in [2.75, 3.05) is 7.11 Å². The van der Waals surface area contributed by atoms with E-state index >= 15 is 0 Å². The number of benzene rings is 2. The number of ether oxygens (including phenoxy) is 5.